The monoisotopic (exact) mass is 439 g/mol. The SMILES string of the molecule is C=C1C(=O)N(c2ccc(C#N)c(Cl)c2)C(=S)N1CCCS(=O)(=O)/N=C/N(C)C. The second-order valence-corrected chi connectivity index (χ2v) is 8.68. The molecule has 1 saturated heterocycles. The minimum Gasteiger partial charge on any atom is -0.368 e. The van der Waals surface area contributed by atoms with Gasteiger partial charge in [-0.2, -0.15) is 9.66 Å². The van der Waals surface area contributed by atoms with Crippen LogP contribution in [0.4, 0.5) is 5.69 Å². The lowest BCUT2D eigenvalue weighted by Gasteiger charge is -2.20. The van der Waals surface area contributed by atoms with Gasteiger partial charge >= 0.3 is 0 Å². The minimum absolute atomic E-state index is 0.139. The van der Waals surface area contributed by atoms with Crippen LogP contribution >= 0.6 is 23.8 Å². The number of nitrogens with zero attached hydrogens (tertiary/aromatic N) is 5. The van der Waals surface area contributed by atoms with Crippen molar-refractivity contribution in [1.29, 1.82) is 5.26 Å². The molecule has 0 radical (unpaired) electrons. The lowest BCUT2D eigenvalue weighted by atomic mass is 10.2. The molecular weight excluding hydrogens is 422 g/mol. The number of carbonyl (C=O) groups is 1. The van der Waals surface area contributed by atoms with Gasteiger partial charge in [-0.05, 0) is 36.8 Å². The largest absolute Gasteiger partial charge is 0.368 e. The van der Waals surface area contributed by atoms with E-state index in [1.807, 2.05) is 6.07 Å². The Morgan fingerprint density at radius 2 is 2.11 bits per heavy atom. The molecule has 0 spiro atoms. The summed E-state index contributed by atoms with van der Waals surface area (Å²) in [5.41, 5.74) is 0.827. The predicted molar refractivity (Wildman–Crippen MR) is 113 cm³/mol. The number of sulfonamides is 1. The summed E-state index contributed by atoms with van der Waals surface area (Å²) in [5.74, 6) is -0.625. The van der Waals surface area contributed by atoms with Gasteiger partial charge in [-0.3, -0.25) is 9.69 Å². The molecule has 0 unspecified atom stereocenters. The van der Waals surface area contributed by atoms with E-state index in [1.54, 1.807) is 20.2 Å². The van der Waals surface area contributed by atoms with Crippen molar-refractivity contribution in [3.05, 3.63) is 41.1 Å². The summed E-state index contributed by atoms with van der Waals surface area (Å²) >= 11 is 11.4. The molecule has 1 aromatic rings. The Morgan fingerprint density at radius 1 is 1.43 bits per heavy atom. The van der Waals surface area contributed by atoms with Crippen LogP contribution in [0.2, 0.25) is 5.02 Å². The van der Waals surface area contributed by atoms with Crippen LogP contribution in [0.25, 0.3) is 0 Å². The zero-order chi connectivity index (χ0) is 21.1. The van der Waals surface area contributed by atoms with E-state index in [9.17, 15) is 13.2 Å². The number of halogens is 1. The molecule has 2 rings (SSSR count). The number of carbonyl (C=O) groups excluding carboxylic acids is 1. The van der Waals surface area contributed by atoms with Gasteiger partial charge in [0.1, 0.15) is 18.1 Å². The van der Waals surface area contributed by atoms with E-state index in [0.29, 0.717) is 5.69 Å². The second kappa shape index (κ2) is 8.68. The molecule has 1 aromatic carbocycles. The molecule has 1 fully saturated rings. The molecule has 0 bridgehead atoms. The van der Waals surface area contributed by atoms with Crippen LogP contribution in [0.1, 0.15) is 12.0 Å². The highest BCUT2D eigenvalue weighted by Crippen LogP contribution is 2.30. The predicted octanol–water partition coefficient (Wildman–Crippen LogP) is 1.97. The summed E-state index contributed by atoms with van der Waals surface area (Å²) in [4.78, 5) is 16.8. The number of amides is 1. The van der Waals surface area contributed by atoms with Crippen molar-refractivity contribution >= 4 is 56.9 Å². The Balaban J connectivity index is 2.11. The van der Waals surface area contributed by atoms with E-state index in [-0.39, 0.29) is 40.1 Å². The molecule has 1 aliphatic heterocycles. The first-order chi connectivity index (χ1) is 13.1. The van der Waals surface area contributed by atoms with Crippen molar-refractivity contribution in [2.75, 3.05) is 31.3 Å². The van der Waals surface area contributed by atoms with Gasteiger partial charge in [-0.1, -0.05) is 18.2 Å². The summed E-state index contributed by atoms with van der Waals surface area (Å²) in [6, 6.07) is 6.47. The van der Waals surface area contributed by atoms with Crippen LogP contribution in [0, 0.1) is 11.3 Å². The lowest BCUT2D eigenvalue weighted by molar-refractivity contribution is -0.114. The highest BCUT2D eigenvalue weighted by atomic mass is 35.5. The van der Waals surface area contributed by atoms with Crippen LogP contribution in [0.15, 0.2) is 34.9 Å². The third-order valence-corrected chi connectivity index (χ3v) is 5.69. The van der Waals surface area contributed by atoms with Crippen molar-refractivity contribution in [3.8, 4) is 6.07 Å². The number of rotatable bonds is 7. The first-order valence-corrected chi connectivity index (χ1v) is 10.5. The fraction of sp³-hybridized carbons (Fsp3) is 0.294. The van der Waals surface area contributed by atoms with E-state index in [1.165, 1.54) is 33.2 Å². The first kappa shape index (κ1) is 21.8. The number of anilines is 1. The van der Waals surface area contributed by atoms with Crippen LogP contribution in [0.5, 0.6) is 0 Å². The summed E-state index contributed by atoms with van der Waals surface area (Å²) in [7, 11) is -0.278. The van der Waals surface area contributed by atoms with Crippen LogP contribution in [-0.4, -0.2) is 62.0 Å². The average Bonchev–Trinajstić information content (AvgIpc) is 2.83. The van der Waals surface area contributed by atoms with E-state index in [4.69, 9.17) is 29.1 Å². The molecule has 0 saturated carbocycles. The molecule has 0 aliphatic carbocycles. The quantitative estimate of drug-likeness (QED) is 0.277. The van der Waals surface area contributed by atoms with Gasteiger partial charge in [0.05, 0.1) is 22.0 Å². The number of hydrogen-bond acceptors (Lipinski definition) is 5. The fourth-order valence-electron chi connectivity index (χ4n) is 2.38. The van der Waals surface area contributed by atoms with Gasteiger partial charge in [-0.15, -0.1) is 0 Å². The normalized spacial score (nSPS) is 14.9. The van der Waals surface area contributed by atoms with Crippen LogP contribution in [0.3, 0.4) is 0 Å². The van der Waals surface area contributed by atoms with Gasteiger partial charge in [0, 0.05) is 20.6 Å². The standard InChI is InChI=1S/C17H18ClN5O3S2/c1-12-16(24)23(14-6-5-13(10-19)15(18)9-14)17(27)22(12)7-4-8-28(25,26)20-11-21(2)3/h5-6,9,11H,1,4,7-8H2,2-3H3/b20-11+. The summed E-state index contributed by atoms with van der Waals surface area (Å²) in [6.45, 7) is 3.94. The number of thiocarbonyl (C=S) groups is 1. The van der Waals surface area contributed by atoms with Gasteiger partial charge in [0.2, 0.25) is 0 Å². The van der Waals surface area contributed by atoms with Gasteiger partial charge in [0.25, 0.3) is 15.9 Å². The molecule has 0 aromatic heterocycles. The lowest BCUT2D eigenvalue weighted by Crippen LogP contribution is -2.33. The van der Waals surface area contributed by atoms with E-state index >= 15 is 0 Å². The van der Waals surface area contributed by atoms with Crippen LogP contribution < -0.4 is 4.90 Å². The molecule has 0 atom stereocenters. The van der Waals surface area contributed by atoms with Gasteiger partial charge < -0.3 is 9.80 Å². The Morgan fingerprint density at radius 3 is 2.68 bits per heavy atom. The smallest absolute Gasteiger partial charge is 0.280 e. The highest BCUT2D eigenvalue weighted by Gasteiger charge is 2.37. The maximum absolute atomic E-state index is 12.6. The van der Waals surface area contributed by atoms with E-state index in [0.717, 1.165) is 0 Å². The van der Waals surface area contributed by atoms with E-state index in [2.05, 4.69) is 11.0 Å². The minimum atomic E-state index is -3.61. The molecule has 1 aliphatic rings. The zero-order valence-corrected chi connectivity index (χ0v) is 17.7. The van der Waals surface area contributed by atoms with Crippen molar-refractivity contribution < 1.29 is 13.2 Å². The number of hydrogen-bond donors (Lipinski definition) is 0. The highest BCUT2D eigenvalue weighted by molar-refractivity contribution is 7.90. The Labute approximate surface area is 174 Å². The van der Waals surface area contributed by atoms with E-state index < -0.39 is 15.9 Å². The van der Waals surface area contributed by atoms with Crippen molar-refractivity contribution in [2.45, 2.75) is 6.42 Å². The number of nitriles is 1. The molecule has 28 heavy (non-hydrogen) atoms. The third-order valence-electron chi connectivity index (χ3n) is 3.75. The maximum Gasteiger partial charge on any atom is 0.280 e. The topological polar surface area (TPSA) is 97.1 Å². The summed E-state index contributed by atoms with van der Waals surface area (Å²) in [5, 5.41) is 9.34. The molecule has 0 N–H and O–H groups in total. The Kier molecular flexibility index (Phi) is 6.77. The van der Waals surface area contributed by atoms with Crippen molar-refractivity contribution in [3.63, 3.8) is 0 Å². The Bertz CT molecular complexity index is 999. The Hall–Kier alpha value is -2.48. The summed E-state index contributed by atoms with van der Waals surface area (Å²) in [6.07, 6.45) is 1.43. The molecule has 11 heteroatoms. The molecule has 148 valence electrons. The molecule has 1 amide bonds. The second-order valence-electron chi connectivity index (χ2n) is 6.12. The van der Waals surface area contributed by atoms with Crippen LogP contribution in [-0.2, 0) is 14.8 Å². The van der Waals surface area contributed by atoms with Gasteiger partial charge in [-0.25, -0.2) is 8.42 Å². The number of benzene rings is 1. The van der Waals surface area contributed by atoms with Crippen molar-refractivity contribution in [1.82, 2.24) is 9.80 Å². The maximum atomic E-state index is 12.6. The molecule has 1 heterocycles. The third kappa shape index (κ3) is 4.86. The van der Waals surface area contributed by atoms with Crippen molar-refractivity contribution in [2.24, 2.45) is 4.40 Å². The first-order valence-electron chi connectivity index (χ1n) is 8.06. The molecule has 8 nitrogen and oxygen atoms in total. The van der Waals surface area contributed by atoms with Gasteiger partial charge in [0.15, 0.2) is 5.11 Å². The summed E-state index contributed by atoms with van der Waals surface area (Å²) < 4.78 is 27.3. The fourth-order valence-corrected chi connectivity index (χ4v) is 3.92. The average molecular weight is 440 g/mol. The molecular formula is C17H18ClN5O3S2. The zero-order valence-electron chi connectivity index (χ0n) is 15.3.